The zero-order valence-corrected chi connectivity index (χ0v) is 12.8. The first-order valence-corrected chi connectivity index (χ1v) is 6.81. The van der Waals surface area contributed by atoms with Crippen LogP contribution in [-0.2, 0) is 19.2 Å². The second-order valence-electron chi connectivity index (χ2n) is 4.53. The standard InChI is InChI=1S/C12H22N6O5/c1-15-11(23)7(3-2-4-16-12(13)14)18-9(20)6-17-8(19)5-10(21)22/h7H,2-6H2,1H3,(H,15,23)(H,17,19)(H,18,20)(H,21,22)(H4,13,14,16). The molecule has 0 heterocycles. The van der Waals surface area contributed by atoms with Crippen LogP contribution in [0.4, 0.5) is 0 Å². The molecule has 8 N–H and O–H groups in total. The van der Waals surface area contributed by atoms with E-state index in [-0.39, 0.29) is 5.96 Å². The molecule has 1 unspecified atom stereocenters. The SMILES string of the molecule is CNC(=O)C(CCCN=C(N)N)NC(=O)CNC(=O)CC(=O)O. The summed E-state index contributed by atoms with van der Waals surface area (Å²) in [5.74, 6) is -3.17. The number of nitrogens with one attached hydrogen (secondary N) is 3. The largest absolute Gasteiger partial charge is 0.481 e. The summed E-state index contributed by atoms with van der Waals surface area (Å²) in [4.78, 5) is 48.6. The molecular formula is C12H22N6O5. The smallest absolute Gasteiger partial charge is 0.312 e. The number of nitrogens with two attached hydrogens (primary N) is 2. The molecule has 130 valence electrons. The molecule has 1 atom stereocenters. The van der Waals surface area contributed by atoms with E-state index in [9.17, 15) is 19.2 Å². The summed E-state index contributed by atoms with van der Waals surface area (Å²) in [5.41, 5.74) is 10.4. The van der Waals surface area contributed by atoms with Gasteiger partial charge >= 0.3 is 5.97 Å². The van der Waals surface area contributed by atoms with Gasteiger partial charge in [-0.3, -0.25) is 24.2 Å². The zero-order chi connectivity index (χ0) is 17.8. The third-order valence-corrected chi connectivity index (χ3v) is 2.60. The quantitative estimate of drug-likeness (QED) is 0.105. The van der Waals surface area contributed by atoms with Crippen LogP contribution in [0.2, 0.25) is 0 Å². The lowest BCUT2D eigenvalue weighted by Crippen LogP contribution is -2.48. The third kappa shape index (κ3) is 10.5. The topological polar surface area (TPSA) is 189 Å². The number of hydrogen-bond donors (Lipinski definition) is 6. The van der Waals surface area contributed by atoms with E-state index in [1.165, 1.54) is 7.05 Å². The summed E-state index contributed by atoms with van der Waals surface area (Å²) >= 11 is 0. The number of carbonyl (C=O) groups excluding carboxylic acids is 3. The Labute approximate surface area is 132 Å². The van der Waals surface area contributed by atoms with Crippen LogP contribution in [0.15, 0.2) is 4.99 Å². The number of guanidine groups is 1. The first-order chi connectivity index (χ1) is 10.8. The fraction of sp³-hybridized carbons (Fsp3) is 0.583. The highest BCUT2D eigenvalue weighted by molar-refractivity contribution is 5.95. The lowest BCUT2D eigenvalue weighted by molar-refractivity contribution is -0.141. The van der Waals surface area contributed by atoms with Crippen LogP contribution in [0.5, 0.6) is 0 Å². The molecule has 0 fully saturated rings. The average molecular weight is 330 g/mol. The van der Waals surface area contributed by atoms with Gasteiger partial charge in [0.15, 0.2) is 5.96 Å². The van der Waals surface area contributed by atoms with E-state index in [1.807, 2.05) is 0 Å². The van der Waals surface area contributed by atoms with E-state index in [2.05, 4.69) is 20.9 Å². The highest BCUT2D eigenvalue weighted by Crippen LogP contribution is 1.98. The van der Waals surface area contributed by atoms with Gasteiger partial charge in [0.1, 0.15) is 12.5 Å². The molecule has 0 aliphatic rings. The number of hydrogen-bond acceptors (Lipinski definition) is 5. The molecule has 0 saturated heterocycles. The van der Waals surface area contributed by atoms with Crippen LogP contribution in [-0.4, -0.2) is 60.9 Å². The summed E-state index contributed by atoms with van der Waals surface area (Å²) in [6, 6.07) is -0.807. The maximum absolute atomic E-state index is 11.7. The number of carboxylic acid groups (broad SMARTS) is 1. The number of amides is 3. The molecule has 3 amide bonds. The minimum atomic E-state index is -1.30. The third-order valence-electron chi connectivity index (χ3n) is 2.60. The molecular weight excluding hydrogens is 308 g/mol. The van der Waals surface area contributed by atoms with Gasteiger partial charge in [-0.15, -0.1) is 0 Å². The Kier molecular flexibility index (Phi) is 9.48. The van der Waals surface area contributed by atoms with Crippen LogP contribution >= 0.6 is 0 Å². The monoisotopic (exact) mass is 330 g/mol. The molecule has 0 bridgehead atoms. The Morgan fingerprint density at radius 2 is 1.83 bits per heavy atom. The summed E-state index contributed by atoms with van der Waals surface area (Å²) < 4.78 is 0. The van der Waals surface area contributed by atoms with Crippen LogP contribution in [0.1, 0.15) is 19.3 Å². The first kappa shape index (κ1) is 20.1. The summed E-state index contributed by atoms with van der Waals surface area (Å²) in [6.07, 6.45) is 0.0254. The molecule has 0 rings (SSSR count). The number of rotatable bonds is 10. The molecule has 0 saturated carbocycles. The maximum Gasteiger partial charge on any atom is 0.312 e. The summed E-state index contributed by atoms with van der Waals surface area (Å²) in [5, 5.41) is 15.4. The lowest BCUT2D eigenvalue weighted by atomic mass is 10.1. The molecule has 0 spiro atoms. The van der Waals surface area contributed by atoms with Crippen molar-refractivity contribution in [2.24, 2.45) is 16.5 Å². The van der Waals surface area contributed by atoms with Crippen LogP contribution < -0.4 is 27.4 Å². The molecule has 0 aliphatic carbocycles. The van der Waals surface area contributed by atoms with Crippen LogP contribution in [0.25, 0.3) is 0 Å². The van der Waals surface area contributed by atoms with Gasteiger partial charge in [0.2, 0.25) is 17.7 Å². The van der Waals surface area contributed by atoms with Crippen molar-refractivity contribution in [2.75, 3.05) is 20.1 Å². The second kappa shape index (κ2) is 10.8. The number of carboxylic acids is 1. The van der Waals surface area contributed by atoms with Crippen LogP contribution in [0.3, 0.4) is 0 Å². The zero-order valence-electron chi connectivity index (χ0n) is 12.8. The van der Waals surface area contributed by atoms with E-state index in [1.54, 1.807) is 0 Å². The van der Waals surface area contributed by atoms with Crippen molar-refractivity contribution >= 4 is 29.7 Å². The first-order valence-electron chi connectivity index (χ1n) is 6.81. The van der Waals surface area contributed by atoms with Gasteiger partial charge in [-0.05, 0) is 12.8 Å². The normalized spacial score (nSPS) is 11.0. The minimum Gasteiger partial charge on any atom is -0.481 e. The Bertz CT molecular complexity index is 475. The predicted octanol–water partition coefficient (Wildman–Crippen LogP) is -3.14. The average Bonchev–Trinajstić information content (AvgIpc) is 2.46. The van der Waals surface area contributed by atoms with E-state index < -0.39 is 42.7 Å². The van der Waals surface area contributed by atoms with Crippen molar-refractivity contribution in [2.45, 2.75) is 25.3 Å². The summed E-state index contributed by atoms with van der Waals surface area (Å²) in [6.45, 7) is -0.117. The van der Waals surface area contributed by atoms with E-state index in [0.717, 1.165) is 0 Å². The fourth-order valence-electron chi connectivity index (χ4n) is 1.57. The predicted molar refractivity (Wildman–Crippen MR) is 81.2 cm³/mol. The van der Waals surface area contributed by atoms with E-state index >= 15 is 0 Å². The van der Waals surface area contributed by atoms with Crippen molar-refractivity contribution in [1.82, 2.24) is 16.0 Å². The number of aliphatic imine (C=N–C) groups is 1. The van der Waals surface area contributed by atoms with E-state index in [0.29, 0.717) is 19.4 Å². The minimum absolute atomic E-state index is 0.0633. The van der Waals surface area contributed by atoms with Gasteiger partial charge < -0.3 is 32.5 Å². The van der Waals surface area contributed by atoms with Gasteiger partial charge in [0, 0.05) is 13.6 Å². The molecule has 0 aromatic rings. The number of aliphatic carboxylic acids is 1. The number of carbonyl (C=O) groups is 4. The van der Waals surface area contributed by atoms with Gasteiger partial charge in [0.25, 0.3) is 0 Å². The van der Waals surface area contributed by atoms with Gasteiger partial charge in [0.05, 0.1) is 6.54 Å². The van der Waals surface area contributed by atoms with Gasteiger partial charge in [-0.25, -0.2) is 0 Å². The Balaban J connectivity index is 4.33. The highest BCUT2D eigenvalue weighted by atomic mass is 16.4. The molecule has 23 heavy (non-hydrogen) atoms. The van der Waals surface area contributed by atoms with Crippen molar-refractivity contribution in [3.63, 3.8) is 0 Å². The second-order valence-corrected chi connectivity index (χ2v) is 4.53. The Hall–Kier alpha value is -2.85. The van der Waals surface area contributed by atoms with Crippen molar-refractivity contribution in [3.05, 3.63) is 0 Å². The molecule has 0 aliphatic heterocycles. The van der Waals surface area contributed by atoms with Gasteiger partial charge in [-0.1, -0.05) is 0 Å². The molecule has 11 nitrogen and oxygen atoms in total. The van der Waals surface area contributed by atoms with Crippen molar-refractivity contribution in [3.8, 4) is 0 Å². The lowest BCUT2D eigenvalue weighted by Gasteiger charge is -2.17. The van der Waals surface area contributed by atoms with E-state index in [4.69, 9.17) is 16.6 Å². The number of nitrogens with zero attached hydrogens (tertiary/aromatic N) is 1. The molecule has 11 heteroatoms. The van der Waals surface area contributed by atoms with Gasteiger partial charge in [-0.2, -0.15) is 0 Å². The number of likely N-dealkylation sites (N-methyl/N-ethyl adjacent to an activating group) is 1. The Morgan fingerprint density at radius 3 is 2.35 bits per heavy atom. The fourth-order valence-corrected chi connectivity index (χ4v) is 1.57. The van der Waals surface area contributed by atoms with Crippen LogP contribution in [0, 0.1) is 0 Å². The Morgan fingerprint density at radius 1 is 1.17 bits per heavy atom. The maximum atomic E-state index is 11.7. The molecule has 0 aromatic carbocycles. The van der Waals surface area contributed by atoms with Crippen molar-refractivity contribution in [1.29, 1.82) is 0 Å². The molecule has 0 radical (unpaired) electrons. The summed E-state index contributed by atoms with van der Waals surface area (Å²) in [7, 11) is 1.42. The van der Waals surface area contributed by atoms with Crippen molar-refractivity contribution < 1.29 is 24.3 Å². The molecule has 0 aromatic heterocycles. The highest BCUT2D eigenvalue weighted by Gasteiger charge is 2.19.